The van der Waals surface area contributed by atoms with Gasteiger partial charge in [0.2, 0.25) is 0 Å². The van der Waals surface area contributed by atoms with Gasteiger partial charge in [-0.3, -0.25) is 0 Å². The zero-order valence-electron chi connectivity index (χ0n) is 10.2. The molecule has 0 saturated heterocycles. The molecule has 0 amide bonds. The Kier molecular flexibility index (Phi) is 4.20. The third kappa shape index (κ3) is 3.54. The Morgan fingerprint density at radius 2 is 2.05 bits per heavy atom. The third-order valence-corrected chi connectivity index (χ3v) is 2.97. The number of halogens is 3. The Morgan fingerprint density at radius 1 is 1.32 bits per heavy atom. The average Bonchev–Trinajstić information content (AvgIpc) is 2.60. The topological polar surface area (TPSA) is 70.1 Å². The highest BCUT2D eigenvalue weighted by atomic mass is 19.4. The van der Waals surface area contributed by atoms with Gasteiger partial charge < -0.3 is 15.7 Å². The Balaban J connectivity index is 2.09. The van der Waals surface area contributed by atoms with Crippen LogP contribution in [0.4, 0.5) is 19.0 Å². The Morgan fingerprint density at radius 3 is 2.79 bits per heavy atom. The van der Waals surface area contributed by atoms with E-state index in [9.17, 15) is 13.2 Å². The second kappa shape index (κ2) is 5.70. The van der Waals surface area contributed by atoms with E-state index in [2.05, 4.69) is 20.6 Å². The minimum absolute atomic E-state index is 0.372. The molecule has 1 aromatic heterocycles. The summed E-state index contributed by atoms with van der Waals surface area (Å²) in [7, 11) is 0. The van der Waals surface area contributed by atoms with Crippen LogP contribution in [0.5, 0.6) is 0 Å². The first kappa shape index (κ1) is 14.0. The van der Waals surface area contributed by atoms with Gasteiger partial charge in [-0.2, -0.15) is 13.2 Å². The number of nitrogens with one attached hydrogen (secondary N) is 2. The van der Waals surface area contributed by atoms with E-state index in [0.717, 1.165) is 24.3 Å². The SMILES string of the molecule is O[C@H](CNc1ncnc2c1CCNCC2)C(F)(F)F. The number of aromatic nitrogens is 2. The molecule has 1 aromatic rings. The van der Waals surface area contributed by atoms with E-state index < -0.39 is 18.8 Å². The molecule has 5 nitrogen and oxygen atoms in total. The maximum Gasteiger partial charge on any atom is 0.416 e. The van der Waals surface area contributed by atoms with Crippen molar-refractivity contribution < 1.29 is 18.3 Å². The quantitative estimate of drug-likeness (QED) is 0.750. The normalized spacial score (nSPS) is 17.5. The van der Waals surface area contributed by atoms with Crippen LogP contribution >= 0.6 is 0 Å². The average molecular weight is 276 g/mol. The summed E-state index contributed by atoms with van der Waals surface area (Å²) in [4.78, 5) is 8.10. The van der Waals surface area contributed by atoms with Gasteiger partial charge in [0, 0.05) is 18.5 Å². The number of fused-ring (bicyclic) bond motifs is 1. The minimum atomic E-state index is -4.63. The number of hydrogen-bond acceptors (Lipinski definition) is 5. The largest absolute Gasteiger partial charge is 0.416 e. The maximum absolute atomic E-state index is 12.2. The lowest BCUT2D eigenvalue weighted by molar-refractivity contribution is -0.198. The van der Waals surface area contributed by atoms with Crippen molar-refractivity contribution in [3.63, 3.8) is 0 Å². The van der Waals surface area contributed by atoms with E-state index in [1.54, 1.807) is 0 Å². The number of rotatable bonds is 3. The van der Waals surface area contributed by atoms with Crippen molar-refractivity contribution in [1.29, 1.82) is 0 Å². The molecule has 0 aliphatic carbocycles. The van der Waals surface area contributed by atoms with Crippen LogP contribution in [-0.2, 0) is 12.8 Å². The van der Waals surface area contributed by atoms with Crippen LogP contribution in [-0.4, -0.2) is 47.0 Å². The van der Waals surface area contributed by atoms with Crippen molar-refractivity contribution in [2.45, 2.75) is 25.1 Å². The van der Waals surface area contributed by atoms with Crippen LogP contribution < -0.4 is 10.6 Å². The first-order chi connectivity index (χ1) is 8.98. The van der Waals surface area contributed by atoms with Gasteiger partial charge in [-0.05, 0) is 13.0 Å². The highest BCUT2D eigenvalue weighted by molar-refractivity contribution is 5.46. The molecule has 0 bridgehead atoms. The fourth-order valence-electron chi connectivity index (χ4n) is 1.93. The second-order valence-corrected chi connectivity index (χ2v) is 4.34. The summed E-state index contributed by atoms with van der Waals surface area (Å²) in [5, 5.41) is 14.7. The predicted octanol–water partition coefficient (Wildman–Crippen LogP) is 0.500. The maximum atomic E-state index is 12.2. The van der Waals surface area contributed by atoms with Crippen LogP contribution in [0, 0.1) is 0 Å². The molecule has 1 aliphatic heterocycles. The summed E-state index contributed by atoms with van der Waals surface area (Å²) < 4.78 is 36.7. The molecule has 0 radical (unpaired) electrons. The zero-order chi connectivity index (χ0) is 13.9. The van der Waals surface area contributed by atoms with Crippen LogP contribution in [0.25, 0.3) is 0 Å². The van der Waals surface area contributed by atoms with Crippen molar-refractivity contribution >= 4 is 5.82 Å². The van der Waals surface area contributed by atoms with E-state index >= 15 is 0 Å². The van der Waals surface area contributed by atoms with Gasteiger partial charge in [-0.15, -0.1) is 0 Å². The third-order valence-electron chi connectivity index (χ3n) is 2.97. The molecule has 106 valence electrons. The molecule has 0 saturated carbocycles. The lowest BCUT2D eigenvalue weighted by Gasteiger charge is -2.17. The van der Waals surface area contributed by atoms with Gasteiger partial charge in [0.15, 0.2) is 6.10 Å². The molecule has 3 N–H and O–H groups in total. The van der Waals surface area contributed by atoms with Crippen LogP contribution in [0.2, 0.25) is 0 Å². The van der Waals surface area contributed by atoms with Gasteiger partial charge in [-0.25, -0.2) is 9.97 Å². The minimum Gasteiger partial charge on any atom is -0.382 e. The number of anilines is 1. The van der Waals surface area contributed by atoms with Gasteiger partial charge in [-0.1, -0.05) is 0 Å². The van der Waals surface area contributed by atoms with E-state index in [1.807, 2.05) is 0 Å². The second-order valence-electron chi connectivity index (χ2n) is 4.34. The molecule has 19 heavy (non-hydrogen) atoms. The molecule has 0 unspecified atom stereocenters. The van der Waals surface area contributed by atoms with Gasteiger partial charge in [0.05, 0.1) is 12.2 Å². The predicted molar refractivity (Wildman–Crippen MR) is 62.9 cm³/mol. The van der Waals surface area contributed by atoms with Gasteiger partial charge in [0.1, 0.15) is 12.1 Å². The van der Waals surface area contributed by atoms with Gasteiger partial charge >= 0.3 is 6.18 Å². The smallest absolute Gasteiger partial charge is 0.382 e. The number of aliphatic hydroxyl groups is 1. The summed E-state index contributed by atoms with van der Waals surface area (Å²) in [5.74, 6) is 0.372. The summed E-state index contributed by atoms with van der Waals surface area (Å²) in [6.45, 7) is 0.909. The lowest BCUT2D eigenvalue weighted by Crippen LogP contribution is -2.35. The summed E-state index contributed by atoms with van der Waals surface area (Å²) in [6, 6.07) is 0. The van der Waals surface area contributed by atoms with E-state index in [1.165, 1.54) is 6.33 Å². The fourth-order valence-corrected chi connectivity index (χ4v) is 1.93. The summed E-state index contributed by atoms with van der Waals surface area (Å²) in [5.41, 5.74) is 1.66. The number of alkyl halides is 3. The molecule has 1 aliphatic rings. The first-order valence-electron chi connectivity index (χ1n) is 6.00. The lowest BCUT2D eigenvalue weighted by atomic mass is 10.1. The van der Waals surface area contributed by atoms with E-state index in [4.69, 9.17) is 5.11 Å². The number of hydrogen-bond donors (Lipinski definition) is 3. The highest BCUT2D eigenvalue weighted by Gasteiger charge is 2.38. The van der Waals surface area contributed by atoms with Crippen LogP contribution in [0.15, 0.2) is 6.33 Å². The number of nitrogens with zero attached hydrogens (tertiary/aromatic N) is 2. The molecular formula is C11H15F3N4O. The van der Waals surface area contributed by atoms with Gasteiger partial charge in [0.25, 0.3) is 0 Å². The Bertz CT molecular complexity index is 438. The molecule has 8 heteroatoms. The van der Waals surface area contributed by atoms with Crippen molar-refractivity contribution in [2.75, 3.05) is 25.0 Å². The van der Waals surface area contributed by atoms with Crippen LogP contribution in [0.1, 0.15) is 11.3 Å². The van der Waals surface area contributed by atoms with Crippen molar-refractivity contribution in [3.8, 4) is 0 Å². The van der Waals surface area contributed by atoms with E-state index in [-0.39, 0.29) is 0 Å². The molecule has 0 spiro atoms. The molecule has 2 heterocycles. The molecule has 1 atom stereocenters. The molecular weight excluding hydrogens is 261 g/mol. The van der Waals surface area contributed by atoms with Crippen molar-refractivity contribution in [3.05, 3.63) is 17.6 Å². The van der Waals surface area contributed by atoms with Crippen molar-refractivity contribution in [2.24, 2.45) is 0 Å². The van der Waals surface area contributed by atoms with Crippen molar-refractivity contribution in [1.82, 2.24) is 15.3 Å². The fraction of sp³-hybridized carbons (Fsp3) is 0.636. The highest BCUT2D eigenvalue weighted by Crippen LogP contribution is 2.22. The van der Waals surface area contributed by atoms with Crippen LogP contribution in [0.3, 0.4) is 0 Å². The zero-order valence-corrected chi connectivity index (χ0v) is 10.2. The summed E-state index contributed by atoms with van der Waals surface area (Å²) in [6.07, 6.45) is -4.33. The monoisotopic (exact) mass is 276 g/mol. The summed E-state index contributed by atoms with van der Waals surface area (Å²) >= 11 is 0. The number of aliphatic hydroxyl groups excluding tert-OH is 1. The molecule has 0 aromatic carbocycles. The van der Waals surface area contributed by atoms with E-state index in [0.29, 0.717) is 18.7 Å². The standard InChI is InChI=1S/C11H15F3N4O/c12-11(13,14)9(19)5-16-10-7-1-3-15-4-2-8(7)17-6-18-10/h6,9,15,19H,1-5H2,(H,16,17,18)/t9-/m1/s1. The Hall–Kier alpha value is -1.41. The Labute approximate surface area is 108 Å². The molecule has 0 fully saturated rings. The molecule has 2 rings (SSSR count). The first-order valence-corrected chi connectivity index (χ1v) is 6.00.